The van der Waals surface area contributed by atoms with E-state index < -0.39 is 33.7 Å². The van der Waals surface area contributed by atoms with Crippen LogP contribution < -0.4 is 15.3 Å². The fraction of sp³-hybridized carbons (Fsp3) is 0.850. The number of unbranched alkanes of at least 4 members (excludes halogenated alkanes) is 5. The fourth-order valence-electron chi connectivity index (χ4n) is 1.63. The molecule has 0 aromatic carbocycles. The van der Waals surface area contributed by atoms with Crippen LogP contribution in [0.1, 0.15) is 64.7 Å². The number of carboxylic acid groups (broad SMARTS) is 3. The van der Waals surface area contributed by atoms with Gasteiger partial charge in [-0.05, 0) is 36.5 Å². The summed E-state index contributed by atoms with van der Waals surface area (Å²) in [6.45, 7) is 2.27. The van der Waals surface area contributed by atoms with Crippen LogP contribution in [0.2, 0.25) is 4.44 Å². The molecule has 0 saturated heterocycles. The average molecular weight is 686 g/mol. The predicted molar refractivity (Wildman–Crippen MR) is 153 cm³/mol. The molecule has 0 aliphatic rings. The summed E-state index contributed by atoms with van der Waals surface area (Å²) >= 11 is 24.2. The molecule has 13 heteroatoms. The third kappa shape index (κ3) is 40.7. The molecule has 0 fully saturated rings. The predicted octanol–water partition coefficient (Wildman–Crippen LogP) is 0.997. The van der Waals surface area contributed by atoms with Crippen LogP contribution >= 0.6 is 75.8 Å². The van der Waals surface area contributed by atoms with Crippen molar-refractivity contribution in [2.75, 3.05) is 17.3 Å². The monoisotopic (exact) mass is 686 g/mol. The molecule has 6 nitrogen and oxygen atoms in total. The van der Waals surface area contributed by atoms with E-state index in [-0.39, 0.29) is 0 Å². The van der Waals surface area contributed by atoms with E-state index in [2.05, 4.69) is 82.7 Å². The Bertz CT molecular complexity index is 404. The zero-order valence-corrected chi connectivity index (χ0v) is 27.3. The number of carboxylic acids is 3. The van der Waals surface area contributed by atoms with E-state index in [1.165, 1.54) is 43.0 Å². The molecule has 33 heavy (non-hydrogen) atoms. The van der Waals surface area contributed by atoms with Crippen LogP contribution in [0.25, 0.3) is 0 Å². The van der Waals surface area contributed by atoms with Crippen LogP contribution in [0.3, 0.4) is 0 Å². The van der Waals surface area contributed by atoms with Crippen molar-refractivity contribution in [2.45, 2.75) is 84.9 Å². The molecule has 0 aromatic rings. The van der Waals surface area contributed by atoms with Gasteiger partial charge in [-0.15, -0.1) is 0 Å². The topological polar surface area (TPSA) is 120 Å². The van der Waals surface area contributed by atoms with Gasteiger partial charge in [0.25, 0.3) is 0 Å². The largest absolute Gasteiger partial charge is 0.549 e. The molecule has 0 amide bonds. The Balaban J connectivity index is -0.000000170. The summed E-state index contributed by atoms with van der Waals surface area (Å²) in [4.78, 5) is 29.6. The molecule has 0 aromatic heterocycles. The third-order valence-electron chi connectivity index (χ3n) is 3.55. The number of aliphatic carboxylic acids is 3. The van der Waals surface area contributed by atoms with Gasteiger partial charge in [-0.1, -0.05) is 0 Å². The van der Waals surface area contributed by atoms with Crippen molar-refractivity contribution in [3.63, 3.8) is 0 Å². The fourth-order valence-corrected chi connectivity index (χ4v) is 4.11. The Morgan fingerprint density at radius 1 is 0.636 bits per heavy atom. The summed E-state index contributed by atoms with van der Waals surface area (Å²) in [5.41, 5.74) is 0. The number of carbonyl (C=O) groups excluding carboxylic acids is 3. The van der Waals surface area contributed by atoms with E-state index in [0.29, 0.717) is 36.5 Å². The van der Waals surface area contributed by atoms with Crippen molar-refractivity contribution in [3.8, 4) is 0 Å². The summed E-state index contributed by atoms with van der Waals surface area (Å²) in [5.74, 6) is -1.78. The molecule has 0 radical (unpaired) electrons. The second-order valence-corrected chi connectivity index (χ2v) is 11.2. The van der Waals surface area contributed by atoms with E-state index in [0.717, 1.165) is 0 Å². The number of hydrogen-bond acceptors (Lipinski definition) is 12. The maximum atomic E-state index is 9.87. The van der Waals surface area contributed by atoms with Crippen molar-refractivity contribution in [3.05, 3.63) is 0 Å². The molecular formula is C20H38O6S6Sn. The Morgan fingerprint density at radius 3 is 1.09 bits per heavy atom. The molecule has 3 atom stereocenters. The SMILES string of the molecule is CCCCCCC[CH2][Sn+3].O=C([O-])C(S)CCS.O=C([O-])C(S)CCS.O=C([O-])C(S)CCS. The van der Waals surface area contributed by atoms with E-state index >= 15 is 0 Å². The van der Waals surface area contributed by atoms with E-state index in [9.17, 15) is 29.7 Å². The molecule has 0 aliphatic heterocycles. The quantitative estimate of drug-likeness (QED) is 0.0871. The Kier molecular flexibility index (Phi) is 41.8. The van der Waals surface area contributed by atoms with E-state index in [1.807, 2.05) is 0 Å². The molecule has 0 rings (SSSR count). The Labute approximate surface area is 246 Å². The molecular weight excluding hydrogens is 647 g/mol. The Hall–Kier alpha value is 1.31. The van der Waals surface area contributed by atoms with Crippen LogP contribution in [0.15, 0.2) is 0 Å². The summed E-state index contributed by atoms with van der Waals surface area (Å²) in [7, 11) is 0. The minimum absolute atomic E-state index is 0.453. The summed E-state index contributed by atoms with van der Waals surface area (Å²) in [5, 5.41) is 27.6. The van der Waals surface area contributed by atoms with Crippen LogP contribution in [-0.2, 0) is 14.4 Å². The normalized spacial score (nSPS) is 12.4. The molecule has 0 saturated carbocycles. The average Bonchev–Trinajstić information content (AvgIpc) is 2.75. The number of rotatable bonds is 15. The van der Waals surface area contributed by atoms with Crippen LogP contribution in [0.4, 0.5) is 0 Å². The maximum absolute atomic E-state index is 9.87. The van der Waals surface area contributed by atoms with Gasteiger partial charge in [-0.25, -0.2) is 0 Å². The van der Waals surface area contributed by atoms with Crippen molar-refractivity contribution in [2.24, 2.45) is 0 Å². The van der Waals surface area contributed by atoms with Crippen molar-refractivity contribution < 1.29 is 29.7 Å². The maximum Gasteiger partial charge on any atom is 0.0542 e. The van der Waals surface area contributed by atoms with Crippen LogP contribution in [0, 0.1) is 0 Å². The summed E-state index contributed by atoms with van der Waals surface area (Å²) in [6, 6.07) is 0. The number of hydrogen-bond donors (Lipinski definition) is 6. The molecule has 0 bridgehead atoms. The van der Waals surface area contributed by atoms with Crippen LogP contribution in [0.5, 0.6) is 0 Å². The van der Waals surface area contributed by atoms with Crippen molar-refractivity contribution in [1.82, 2.24) is 0 Å². The van der Waals surface area contributed by atoms with E-state index in [1.54, 1.807) is 22.5 Å². The molecule has 0 heterocycles. The van der Waals surface area contributed by atoms with Gasteiger partial charge in [0.2, 0.25) is 0 Å². The second kappa shape index (κ2) is 33.3. The molecule has 0 aliphatic carbocycles. The first-order chi connectivity index (χ1) is 15.5. The van der Waals surface area contributed by atoms with Gasteiger partial charge in [0, 0.05) is 15.7 Å². The van der Waals surface area contributed by atoms with Gasteiger partial charge in [-0.2, -0.15) is 75.8 Å². The van der Waals surface area contributed by atoms with Crippen molar-refractivity contribution >= 4 is 116 Å². The van der Waals surface area contributed by atoms with Gasteiger partial charge in [0.1, 0.15) is 0 Å². The van der Waals surface area contributed by atoms with Gasteiger partial charge < -0.3 is 29.7 Å². The van der Waals surface area contributed by atoms with Gasteiger partial charge in [0.05, 0.1) is 17.9 Å². The molecule has 0 spiro atoms. The smallest absolute Gasteiger partial charge is 0.0542 e. The third-order valence-corrected chi connectivity index (χ3v) is 6.74. The summed E-state index contributed by atoms with van der Waals surface area (Å²) in [6.07, 6.45) is 10.1. The molecule has 0 N–H and O–H groups in total. The van der Waals surface area contributed by atoms with Gasteiger partial charge in [-0.3, -0.25) is 0 Å². The zero-order chi connectivity index (χ0) is 26.7. The first-order valence-electron chi connectivity index (χ1n) is 10.6. The minimum Gasteiger partial charge on any atom is -0.549 e. The van der Waals surface area contributed by atoms with E-state index in [4.69, 9.17) is 0 Å². The minimum atomic E-state index is -1.12. The zero-order valence-electron chi connectivity index (χ0n) is 19.1. The standard InChI is InChI=1S/C8H17.3C4H8O2S2.Sn/c1-3-5-7-8-6-4-2;3*5-4(6)3(8)1-2-7;/h1,3-8H2,2H3;3*3,7-8H,1-2H2,(H,5,6);/q;;;;+3/p-3. The van der Waals surface area contributed by atoms with Gasteiger partial charge in [0.15, 0.2) is 0 Å². The first-order valence-corrected chi connectivity index (χ1v) is 16.1. The second-order valence-electron chi connectivity index (χ2n) is 6.56. The number of thiol groups is 6. The first kappa shape index (κ1) is 41.4. The Morgan fingerprint density at radius 2 is 0.909 bits per heavy atom. The van der Waals surface area contributed by atoms with Gasteiger partial charge >= 0.3 is 72.4 Å². The molecule has 194 valence electrons. The van der Waals surface area contributed by atoms with Crippen LogP contribution in [-0.4, -0.2) is 73.4 Å². The molecule has 3 unspecified atom stereocenters. The summed E-state index contributed by atoms with van der Waals surface area (Å²) < 4.78 is 1.46. The van der Waals surface area contributed by atoms with Crippen molar-refractivity contribution in [1.29, 1.82) is 0 Å². The number of carbonyl (C=O) groups is 3.